The van der Waals surface area contributed by atoms with Crippen LogP contribution in [0.5, 0.6) is 0 Å². The van der Waals surface area contributed by atoms with E-state index in [0.29, 0.717) is 17.9 Å². The van der Waals surface area contributed by atoms with E-state index in [4.69, 9.17) is 5.73 Å². The number of nitrogens with one attached hydrogen (secondary N) is 1. The molecule has 4 aliphatic rings. The summed E-state index contributed by atoms with van der Waals surface area (Å²) in [6, 6.07) is 0.562. The van der Waals surface area contributed by atoms with Gasteiger partial charge in [-0.05, 0) is 88.4 Å². The summed E-state index contributed by atoms with van der Waals surface area (Å²) in [6.45, 7) is 4.27. The third-order valence-corrected chi connectivity index (χ3v) is 6.44. The van der Waals surface area contributed by atoms with Crippen molar-refractivity contribution in [3.63, 3.8) is 0 Å². The van der Waals surface area contributed by atoms with Gasteiger partial charge in [0.05, 0.1) is 0 Å². The van der Waals surface area contributed by atoms with Crippen LogP contribution in [0.1, 0.15) is 71.6 Å². The van der Waals surface area contributed by atoms with Crippen LogP contribution in [0.2, 0.25) is 0 Å². The van der Waals surface area contributed by atoms with Crippen molar-refractivity contribution in [2.75, 3.05) is 0 Å². The lowest BCUT2D eigenvalue weighted by Crippen LogP contribution is -2.55. The molecule has 4 aliphatic carbocycles. The minimum absolute atomic E-state index is 0.207. The van der Waals surface area contributed by atoms with Gasteiger partial charge in [0.25, 0.3) is 0 Å². The molecule has 4 bridgehead atoms. The maximum absolute atomic E-state index is 12.2. The third-order valence-electron chi connectivity index (χ3n) is 6.44. The fourth-order valence-corrected chi connectivity index (χ4v) is 5.76. The average Bonchev–Trinajstić information content (AvgIpc) is 2.36. The van der Waals surface area contributed by atoms with Gasteiger partial charge in [-0.2, -0.15) is 0 Å². The minimum Gasteiger partial charge on any atom is -0.353 e. The van der Waals surface area contributed by atoms with E-state index in [0.717, 1.165) is 30.6 Å². The van der Waals surface area contributed by atoms with Crippen molar-refractivity contribution >= 4 is 5.91 Å². The SMILES string of the molecule is CC(N)CCCC(=O)NC(C)C12CC3CC(CC(C3)C1)C2. The van der Waals surface area contributed by atoms with Crippen LogP contribution in [0.3, 0.4) is 0 Å². The number of amides is 1. The molecule has 120 valence electrons. The van der Waals surface area contributed by atoms with Crippen LogP contribution < -0.4 is 11.1 Å². The molecule has 0 aromatic carbocycles. The molecule has 0 aromatic rings. The second-order valence-electron chi connectivity index (χ2n) is 8.44. The summed E-state index contributed by atoms with van der Waals surface area (Å²) < 4.78 is 0. The lowest BCUT2D eigenvalue weighted by molar-refractivity contribution is -0.126. The number of carbonyl (C=O) groups excluding carboxylic acids is 1. The zero-order chi connectivity index (χ0) is 15.0. The predicted octanol–water partition coefficient (Wildman–Crippen LogP) is 3.23. The second kappa shape index (κ2) is 5.91. The number of carbonyl (C=O) groups is 1. The smallest absolute Gasteiger partial charge is 0.220 e. The van der Waals surface area contributed by atoms with Crippen LogP contribution in [0.15, 0.2) is 0 Å². The van der Waals surface area contributed by atoms with Crippen LogP contribution in [0.4, 0.5) is 0 Å². The molecule has 0 saturated heterocycles. The molecule has 4 rings (SSSR count). The maximum Gasteiger partial charge on any atom is 0.220 e. The van der Waals surface area contributed by atoms with Gasteiger partial charge in [0, 0.05) is 18.5 Å². The Morgan fingerprint density at radius 1 is 1.14 bits per heavy atom. The van der Waals surface area contributed by atoms with Gasteiger partial charge in [0.1, 0.15) is 0 Å². The van der Waals surface area contributed by atoms with E-state index in [-0.39, 0.29) is 11.9 Å². The summed E-state index contributed by atoms with van der Waals surface area (Å²) in [7, 11) is 0. The van der Waals surface area contributed by atoms with E-state index in [2.05, 4.69) is 12.2 Å². The highest BCUT2D eigenvalue weighted by atomic mass is 16.1. The van der Waals surface area contributed by atoms with Gasteiger partial charge >= 0.3 is 0 Å². The van der Waals surface area contributed by atoms with Crippen molar-refractivity contribution in [2.45, 2.75) is 83.7 Å². The monoisotopic (exact) mass is 292 g/mol. The van der Waals surface area contributed by atoms with E-state index in [1.54, 1.807) is 0 Å². The maximum atomic E-state index is 12.2. The molecule has 0 aromatic heterocycles. The molecule has 2 atom stereocenters. The molecule has 21 heavy (non-hydrogen) atoms. The Morgan fingerprint density at radius 2 is 1.67 bits per heavy atom. The van der Waals surface area contributed by atoms with Gasteiger partial charge in [0.2, 0.25) is 5.91 Å². The summed E-state index contributed by atoms with van der Waals surface area (Å²) in [6.07, 6.45) is 11.0. The fraction of sp³-hybridized carbons (Fsp3) is 0.944. The number of hydrogen-bond acceptors (Lipinski definition) is 2. The van der Waals surface area contributed by atoms with Crippen molar-refractivity contribution in [3.05, 3.63) is 0 Å². The van der Waals surface area contributed by atoms with Gasteiger partial charge in [-0.25, -0.2) is 0 Å². The highest BCUT2D eigenvalue weighted by Gasteiger charge is 2.53. The molecule has 4 fully saturated rings. The van der Waals surface area contributed by atoms with E-state index in [9.17, 15) is 4.79 Å². The molecule has 0 spiro atoms. The molecule has 3 heteroatoms. The summed E-state index contributed by atoms with van der Waals surface area (Å²) in [5.74, 6) is 3.09. The standard InChI is InChI=1S/C18H32N2O/c1-12(19)4-3-5-17(21)20-13(2)18-9-14-6-15(10-18)8-16(7-14)11-18/h12-16H,3-11,19H2,1-2H3,(H,20,21). The van der Waals surface area contributed by atoms with E-state index >= 15 is 0 Å². The van der Waals surface area contributed by atoms with Gasteiger partial charge in [-0.15, -0.1) is 0 Å². The molecule has 2 unspecified atom stereocenters. The zero-order valence-corrected chi connectivity index (χ0v) is 13.7. The third kappa shape index (κ3) is 3.28. The van der Waals surface area contributed by atoms with Crippen molar-refractivity contribution in [2.24, 2.45) is 28.9 Å². The molecule has 0 heterocycles. The van der Waals surface area contributed by atoms with Crippen LogP contribution >= 0.6 is 0 Å². The van der Waals surface area contributed by atoms with Crippen molar-refractivity contribution < 1.29 is 4.79 Å². The van der Waals surface area contributed by atoms with Crippen LogP contribution in [0.25, 0.3) is 0 Å². The molecule has 1 amide bonds. The number of nitrogens with two attached hydrogens (primary N) is 1. The van der Waals surface area contributed by atoms with E-state index in [1.165, 1.54) is 38.5 Å². The summed E-state index contributed by atoms with van der Waals surface area (Å²) in [5.41, 5.74) is 6.17. The van der Waals surface area contributed by atoms with Gasteiger partial charge in [0.15, 0.2) is 0 Å². The quantitative estimate of drug-likeness (QED) is 0.789. The first-order valence-electron chi connectivity index (χ1n) is 9.02. The molecule has 3 N–H and O–H groups in total. The summed E-state index contributed by atoms with van der Waals surface area (Å²) in [5, 5.41) is 3.33. The van der Waals surface area contributed by atoms with Gasteiger partial charge in [-0.3, -0.25) is 4.79 Å². The van der Waals surface area contributed by atoms with Crippen LogP contribution in [-0.2, 0) is 4.79 Å². The van der Waals surface area contributed by atoms with Crippen molar-refractivity contribution in [3.8, 4) is 0 Å². The number of hydrogen-bond donors (Lipinski definition) is 2. The average molecular weight is 292 g/mol. The highest BCUT2D eigenvalue weighted by Crippen LogP contribution is 2.61. The first kappa shape index (κ1) is 15.3. The first-order valence-corrected chi connectivity index (χ1v) is 9.02. The van der Waals surface area contributed by atoms with E-state index in [1.807, 2.05) is 6.92 Å². The molecular weight excluding hydrogens is 260 g/mol. The largest absolute Gasteiger partial charge is 0.353 e. The van der Waals surface area contributed by atoms with Gasteiger partial charge in [-0.1, -0.05) is 0 Å². The highest BCUT2D eigenvalue weighted by molar-refractivity contribution is 5.76. The molecule has 0 radical (unpaired) electrons. The van der Waals surface area contributed by atoms with Crippen molar-refractivity contribution in [1.82, 2.24) is 5.32 Å². The minimum atomic E-state index is 0.207. The van der Waals surface area contributed by atoms with Gasteiger partial charge < -0.3 is 11.1 Å². The van der Waals surface area contributed by atoms with Crippen molar-refractivity contribution in [1.29, 1.82) is 0 Å². The second-order valence-corrected chi connectivity index (χ2v) is 8.44. The molecule has 0 aliphatic heterocycles. The van der Waals surface area contributed by atoms with Crippen LogP contribution in [-0.4, -0.2) is 18.0 Å². The Bertz CT molecular complexity index is 355. The summed E-state index contributed by atoms with van der Waals surface area (Å²) >= 11 is 0. The Kier molecular flexibility index (Phi) is 4.31. The molecular formula is C18H32N2O. The lowest BCUT2D eigenvalue weighted by atomic mass is 9.48. The zero-order valence-electron chi connectivity index (χ0n) is 13.7. The molecule has 3 nitrogen and oxygen atoms in total. The normalized spacial score (nSPS) is 40.0. The van der Waals surface area contributed by atoms with E-state index < -0.39 is 0 Å². The molecule has 4 saturated carbocycles. The Balaban J connectivity index is 1.53. The first-order chi connectivity index (χ1) is 9.97. The van der Waals surface area contributed by atoms with Crippen LogP contribution in [0, 0.1) is 23.2 Å². The number of rotatable bonds is 6. The summed E-state index contributed by atoms with van der Waals surface area (Å²) in [4.78, 5) is 12.2. The predicted molar refractivity (Wildman–Crippen MR) is 85.7 cm³/mol. The lowest BCUT2D eigenvalue weighted by Gasteiger charge is -2.59. The Labute approximate surface area is 129 Å². The topological polar surface area (TPSA) is 55.1 Å². The Morgan fingerprint density at radius 3 is 2.14 bits per heavy atom. The fourth-order valence-electron chi connectivity index (χ4n) is 5.76. The Hall–Kier alpha value is -0.570.